The lowest BCUT2D eigenvalue weighted by atomic mass is 9.87. The highest BCUT2D eigenvalue weighted by molar-refractivity contribution is 7.80. The second-order valence-corrected chi connectivity index (χ2v) is 8.05. The fourth-order valence-corrected chi connectivity index (χ4v) is 4.95. The van der Waals surface area contributed by atoms with Gasteiger partial charge in [-0.3, -0.25) is 8.51 Å². The Labute approximate surface area is 161 Å². The monoisotopic (exact) mass is 384 g/mol. The Kier molecular flexibility index (Phi) is 4.70. The van der Waals surface area contributed by atoms with Crippen molar-refractivity contribution in [2.75, 3.05) is 4.31 Å². The van der Waals surface area contributed by atoms with Gasteiger partial charge in [-0.25, -0.2) is 0 Å². The van der Waals surface area contributed by atoms with Crippen LogP contribution in [0, 0.1) is 5.92 Å². The summed E-state index contributed by atoms with van der Waals surface area (Å²) in [4.78, 5) is 0. The van der Waals surface area contributed by atoms with E-state index < -0.39 is 17.3 Å². The molecule has 0 bridgehead atoms. The van der Waals surface area contributed by atoms with Crippen LogP contribution in [0.2, 0.25) is 0 Å². The van der Waals surface area contributed by atoms with Crippen LogP contribution < -0.4 is 9.04 Å². The maximum atomic E-state index is 11.9. The zero-order valence-corrected chi connectivity index (χ0v) is 15.9. The lowest BCUT2D eigenvalue weighted by molar-refractivity contribution is 0.207. The van der Waals surface area contributed by atoms with Crippen LogP contribution in [0.25, 0.3) is 0 Å². The first-order valence-corrected chi connectivity index (χ1v) is 10.1. The molecule has 4 rings (SSSR count). The summed E-state index contributed by atoms with van der Waals surface area (Å²) in [5.74, 6) is 0.328. The molecule has 0 spiro atoms. The van der Waals surface area contributed by atoms with E-state index in [2.05, 4.69) is 18.7 Å². The number of benzene rings is 2. The van der Waals surface area contributed by atoms with E-state index in [1.165, 1.54) is 15.4 Å². The van der Waals surface area contributed by atoms with Gasteiger partial charge in [0, 0.05) is 29.3 Å². The van der Waals surface area contributed by atoms with Crippen LogP contribution in [0.5, 0.6) is 5.75 Å². The predicted octanol–water partition coefficient (Wildman–Crippen LogP) is 3.99. The van der Waals surface area contributed by atoms with E-state index in [4.69, 9.17) is 4.74 Å². The van der Waals surface area contributed by atoms with Crippen LogP contribution >= 0.6 is 0 Å². The molecule has 0 radical (unpaired) electrons. The van der Waals surface area contributed by atoms with Gasteiger partial charge in [-0.2, -0.15) is 0 Å². The topological polar surface area (TPSA) is 72.8 Å². The number of aliphatic hydroxyl groups is 1. The van der Waals surface area contributed by atoms with Crippen molar-refractivity contribution in [3.05, 3.63) is 71.5 Å². The number of fused-ring (bicyclic) bond motifs is 2. The van der Waals surface area contributed by atoms with E-state index >= 15 is 0 Å². The summed E-state index contributed by atoms with van der Waals surface area (Å²) in [7, 11) is 0. The van der Waals surface area contributed by atoms with Gasteiger partial charge < -0.3 is 14.4 Å². The third-order valence-electron chi connectivity index (χ3n) is 5.63. The van der Waals surface area contributed by atoms with Gasteiger partial charge in [-0.05, 0) is 48.9 Å². The van der Waals surface area contributed by atoms with Crippen molar-refractivity contribution in [3.63, 3.8) is 0 Å². The van der Waals surface area contributed by atoms with E-state index in [1.54, 1.807) is 13.0 Å². The summed E-state index contributed by atoms with van der Waals surface area (Å²) in [6.07, 6.45) is 2.43. The van der Waals surface area contributed by atoms with Gasteiger partial charge >= 0.3 is 0 Å². The van der Waals surface area contributed by atoms with E-state index in [0.29, 0.717) is 17.9 Å². The normalized spacial score (nSPS) is 24.8. The first-order chi connectivity index (χ1) is 13.0. The van der Waals surface area contributed by atoms with Gasteiger partial charge in [0.25, 0.3) is 0 Å². The second-order valence-electron chi connectivity index (χ2n) is 7.22. The zero-order valence-electron chi connectivity index (χ0n) is 15.1. The Hall–Kier alpha value is -2.31. The fourth-order valence-electron chi connectivity index (χ4n) is 4.20. The Morgan fingerprint density at radius 2 is 2.07 bits per heavy atom. The highest BCUT2D eigenvalue weighted by Gasteiger charge is 2.34. The standard InChI is InChI=1S/C21H23NO4S/c1-13-19(14(2)23)11-16-7-9-17(12-20(16)22(13)27(24)25)26-21-10-8-15-5-3-4-6-18(15)21/h3-7,9,12-13,19,21,23H,2,8,10-11H2,1H3,(H,24,25)/p-1. The minimum Gasteiger partial charge on any atom is -0.755 e. The van der Waals surface area contributed by atoms with Crippen LogP contribution in [0.15, 0.2) is 54.8 Å². The van der Waals surface area contributed by atoms with Crippen LogP contribution in [0.1, 0.15) is 36.1 Å². The fraction of sp³-hybridized carbons (Fsp3) is 0.333. The molecule has 142 valence electrons. The zero-order chi connectivity index (χ0) is 19.1. The molecule has 0 amide bonds. The van der Waals surface area contributed by atoms with Crippen LogP contribution in [-0.2, 0) is 24.1 Å². The molecule has 2 aliphatic rings. The molecule has 0 fully saturated rings. The summed E-state index contributed by atoms with van der Waals surface area (Å²) in [5, 5.41) is 9.86. The molecule has 2 aromatic rings. The highest BCUT2D eigenvalue weighted by Crippen LogP contribution is 2.41. The largest absolute Gasteiger partial charge is 0.755 e. The third-order valence-corrected chi connectivity index (χ3v) is 6.48. The molecule has 27 heavy (non-hydrogen) atoms. The lowest BCUT2D eigenvalue weighted by Gasteiger charge is -2.42. The number of hydrogen-bond acceptors (Lipinski definition) is 4. The summed E-state index contributed by atoms with van der Waals surface area (Å²) in [5.41, 5.74) is 3.97. The molecule has 1 aliphatic heterocycles. The molecular weight excluding hydrogens is 362 g/mol. The molecule has 5 nitrogen and oxygen atoms in total. The van der Waals surface area contributed by atoms with Crippen LogP contribution in [0.3, 0.4) is 0 Å². The van der Waals surface area contributed by atoms with Crippen molar-refractivity contribution in [3.8, 4) is 5.75 Å². The van der Waals surface area contributed by atoms with E-state index in [1.807, 2.05) is 24.3 Å². The lowest BCUT2D eigenvalue weighted by Crippen LogP contribution is -2.45. The van der Waals surface area contributed by atoms with Crippen molar-refractivity contribution in [1.29, 1.82) is 0 Å². The molecular formula is C21H22NO4S-. The molecule has 4 unspecified atom stereocenters. The van der Waals surface area contributed by atoms with E-state index in [9.17, 15) is 13.9 Å². The van der Waals surface area contributed by atoms with Gasteiger partial charge in [0.05, 0.1) is 11.4 Å². The van der Waals surface area contributed by atoms with Crippen LogP contribution in [-0.4, -0.2) is 19.9 Å². The Balaban J connectivity index is 1.65. The SMILES string of the molecule is C=C(O)C1Cc2ccc(OC3CCc4ccccc43)cc2N(S(=O)[O-])C1C. The van der Waals surface area contributed by atoms with Gasteiger partial charge in [-0.15, -0.1) is 0 Å². The molecule has 2 aromatic carbocycles. The molecule has 0 saturated heterocycles. The van der Waals surface area contributed by atoms with Crippen molar-refractivity contribution >= 4 is 17.0 Å². The average Bonchev–Trinajstić information content (AvgIpc) is 3.03. The summed E-state index contributed by atoms with van der Waals surface area (Å²) in [6, 6.07) is 13.4. The first-order valence-electron chi connectivity index (χ1n) is 9.09. The van der Waals surface area contributed by atoms with Gasteiger partial charge in [0.1, 0.15) is 11.9 Å². The van der Waals surface area contributed by atoms with E-state index in [0.717, 1.165) is 18.4 Å². The average molecular weight is 384 g/mol. The molecule has 1 heterocycles. The number of rotatable bonds is 4. The number of aliphatic hydroxyl groups excluding tert-OH is 1. The van der Waals surface area contributed by atoms with Crippen LogP contribution in [0.4, 0.5) is 5.69 Å². The number of nitrogens with zero attached hydrogens (tertiary/aromatic N) is 1. The van der Waals surface area contributed by atoms with Crippen molar-refractivity contribution in [1.82, 2.24) is 0 Å². The summed E-state index contributed by atoms with van der Waals surface area (Å²) >= 11 is -2.45. The molecule has 6 heteroatoms. The van der Waals surface area contributed by atoms with Crippen molar-refractivity contribution < 1.29 is 18.6 Å². The number of hydrogen-bond donors (Lipinski definition) is 1. The Bertz CT molecular complexity index is 913. The molecule has 0 saturated carbocycles. The summed E-state index contributed by atoms with van der Waals surface area (Å²) < 4.78 is 31.3. The molecule has 0 aromatic heterocycles. The maximum Gasteiger partial charge on any atom is 0.124 e. The highest BCUT2D eigenvalue weighted by atomic mass is 32.2. The van der Waals surface area contributed by atoms with E-state index in [-0.39, 0.29) is 17.8 Å². The second kappa shape index (κ2) is 7.02. The molecule has 4 atom stereocenters. The number of aryl methyl sites for hydroxylation is 1. The first kappa shape index (κ1) is 18.1. The maximum absolute atomic E-state index is 11.9. The smallest absolute Gasteiger partial charge is 0.124 e. The van der Waals surface area contributed by atoms with Gasteiger partial charge in [-0.1, -0.05) is 36.9 Å². The Morgan fingerprint density at radius 1 is 1.30 bits per heavy atom. The molecule has 1 aliphatic carbocycles. The number of ether oxygens (including phenoxy) is 1. The number of anilines is 1. The minimum absolute atomic E-state index is 0.00601. The quantitative estimate of drug-likeness (QED) is 0.639. The molecule has 1 N–H and O–H groups in total. The van der Waals surface area contributed by atoms with Crippen molar-refractivity contribution in [2.45, 2.75) is 38.3 Å². The summed E-state index contributed by atoms with van der Waals surface area (Å²) in [6.45, 7) is 5.39. The Morgan fingerprint density at radius 3 is 2.81 bits per heavy atom. The minimum atomic E-state index is -2.45. The third kappa shape index (κ3) is 3.24. The van der Waals surface area contributed by atoms with Gasteiger partial charge in [0.15, 0.2) is 0 Å². The predicted molar refractivity (Wildman–Crippen MR) is 104 cm³/mol. The van der Waals surface area contributed by atoms with Gasteiger partial charge in [0.2, 0.25) is 0 Å². The van der Waals surface area contributed by atoms with Crippen molar-refractivity contribution in [2.24, 2.45) is 5.92 Å².